The van der Waals surface area contributed by atoms with Crippen molar-refractivity contribution in [2.45, 2.75) is 42.1 Å². The van der Waals surface area contributed by atoms with Crippen molar-refractivity contribution >= 4 is 38.8 Å². The molecule has 2 atom stereocenters. The highest BCUT2D eigenvalue weighted by molar-refractivity contribution is 7.91. The molecule has 0 fully saturated rings. The molecule has 0 saturated heterocycles. The summed E-state index contributed by atoms with van der Waals surface area (Å²) in [7, 11) is -4.02. The van der Waals surface area contributed by atoms with Gasteiger partial charge in [0.2, 0.25) is 15.7 Å². The number of hydrogen-bond acceptors (Lipinski definition) is 5. The number of para-hydroxylation sites is 2. The highest BCUT2D eigenvalue weighted by Gasteiger charge is 2.39. The van der Waals surface area contributed by atoms with Gasteiger partial charge in [-0.15, -0.1) is 0 Å². The second-order valence-electron chi connectivity index (χ2n) is 10.1. The molecule has 8 heteroatoms. The quantitative estimate of drug-likeness (QED) is 0.292. The maximum atomic E-state index is 14.4. The Hall–Kier alpha value is -4.56. The number of amides is 2. The summed E-state index contributed by atoms with van der Waals surface area (Å²) in [6, 6.07) is 26.5. The van der Waals surface area contributed by atoms with Crippen molar-refractivity contribution in [2.24, 2.45) is 0 Å². The number of nitrogens with zero attached hydrogens (tertiary/aromatic N) is 2. The summed E-state index contributed by atoms with van der Waals surface area (Å²) in [5, 5.41) is 0. The molecule has 2 aliphatic rings. The zero-order valence-corrected chi connectivity index (χ0v) is 22.8. The Balaban J connectivity index is 1.50. The lowest BCUT2D eigenvalue weighted by Crippen LogP contribution is -2.47. The Morgan fingerprint density at radius 2 is 1.48 bits per heavy atom. The number of anilines is 2. The zero-order chi connectivity index (χ0) is 28.2. The van der Waals surface area contributed by atoms with Gasteiger partial charge >= 0.3 is 0 Å². The molecule has 0 N–H and O–H groups in total. The van der Waals surface area contributed by atoms with Gasteiger partial charge < -0.3 is 9.80 Å². The van der Waals surface area contributed by atoms with Crippen molar-refractivity contribution in [3.63, 3.8) is 0 Å². The molecule has 2 amide bonds. The van der Waals surface area contributed by atoms with Gasteiger partial charge in [0, 0.05) is 41.0 Å². The van der Waals surface area contributed by atoms with E-state index >= 15 is 0 Å². The van der Waals surface area contributed by atoms with Crippen LogP contribution in [0.2, 0.25) is 0 Å². The normalized spacial score (nSPS) is 18.8. The Morgan fingerprint density at radius 3 is 2.23 bits per heavy atom. The molecule has 4 aromatic rings. The maximum Gasteiger partial charge on any atom is 0.258 e. The lowest BCUT2D eigenvalue weighted by molar-refractivity contribution is -0.117. The topological polar surface area (TPSA) is 91.8 Å². The van der Waals surface area contributed by atoms with Crippen LogP contribution >= 0.6 is 0 Å². The van der Waals surface area contributed by atoms with Crippen molar-refractivity contribution in [1.82, 2.24) is 0 Å². The maximum absolute atomic E-state index is 14.4. The minimum absolute atomic E-state index is 0.0512. The monoisotopic (exact) mass is 550 g/mol. The van der Waals surface area contributed by atoms with E-state index in [0.29, 0.717) is 12.1 Å². The number of carbonyl (C=O) groups is 3. The van der Waals surface area contributed by atoms with Crippen LogP contribution in [0.1, 0.15) is 58.2 Å². The van der Waals surface area contributed by atoms with Crippen LogP contribution < -0.4 is 9.80 Å². The lowest BCUT2D eigenvalue weighted by atomic mass is 9.89. The van der Waals surface area contributed by atoms with E-state index in [2.05, 4.69) is 0 Å². The predicted octanol–water partition coefficient (Wildman–Crippen LogP) is 5.60. The van der Waals surface area contributed by atoms with Gasteiger partial charge in [-0.05, 0) is 67.4 Å². The highest BCUT2D eigenvalue weighted by Crippen LogP contribution is 2.43. The third kappa shape index (κ3) is 3.95. The molecule has 0 spiro atoms. The number of hydrogen-bond donors (Lipinski definition) is 0. The smallest absolute Gasteiger partial charge is 0.258 e. The zero-order valence-electron chi connectivity index (χ0n) is 21.9. The molecule has 200 valence electrons. The van der Waals surface area contributed by atoms with Crippen LogP contribution in [0.4, 0.5) is 11.4 Å². The number of fused-ring (bicyclic) bond motifs is 3. The molecule has 2 heterocycles. The summed E-state index contributed by atoms with van der Waals surface area (Å²) in [6.45, 7) is 3.48. The van der Waals surface area contributed by atoms with Gasteiger partial charge in [0.15, 0.2) is 5.78 Å². The minimum Gasteiger partial charge on any atom is -0.309 e. The summed E-state index contributed by atoms with van der Waals surface area (Å²) in [6.07, 6.45) is 0.479. The van der Waals surface area contributed by atoms with Gasteiger partial charge in [0.25, 0.3) is 5.91 Å². The molecule has 0 saturated carbocycles. The van der Waals surface area contributed by atoms with Gasteiger partial charge in [0.1, 0.15) is 0 Å². The molecule has 0 aromatic heterocycles. The van der Waals surface area contributed by atoms with Gasteiger partial charge in [-0.2, -0.15) is 0 Å². The standard InChI is InChI=1S/C32H26N2O5S/c1-20-18-28(24-12-6-8-14-27(24)33(20)21(2)35)34(23-10-4-3-5-11-23)32(37)22-16-17-26-30(19-22)40(38,39)29-15-9-7-13-25(29)31(26)36/h3-17,19-20,28H,18H2,1-2H3/t20-,28-/m0/s1. The average molecular weight is 551 g/mol. The highest BCUT2D eigenvalue weighted by atomic mass is 32.2. The number of sulfone groups is 1. The Bertz CT molecular complexity index is 1800. The predicted molar refractivity (Wildman–Crippen MR) is 151 cm³/mol. The first-order valence-electron chi connectivity index (χ1n) is 13.0. The van der Waals surface area contributed by atoms with E-state index < -0.39 is 27.6 Å². The van der Waals surface area contributed by atoms with E-state index in [-0.39, 0.29) is 38.4 Å². The van der Waals surface area contributed by atoms with E-state index in [1.54, 1.807) is 21.9 Å². The Kier molecular flexibility index (Phi) is 6.15. The number of ketones is 1. The van der Waals surface area contributed by atoms with E-state index in [9.17, 15) is 22.8 Å². The Labute approximate surface area is 232 Å². The average Bonchev–Trinajstić information content (AvgIpc) is 2.96. The molecule has 2 aliphatic heterocycles. The summed E-state index contributed by atoms with van der Waals surface area (Å²) in [5.41, 5.74) is 2.53. The van der Waals surface area contributed by atoms with Crippen LogP contribution in [-0.4, -0.2) is 32.1 Å². The second-order valence-corrected chi connectivity index (χ2v) is 12.0. The molecule has 40 heavy (non-hydrogen) atoms. The molecular formula is C32H26N2O5S. The van der Waals surface area contributed by atoms with E-state index in [4.69, 9.17) is 0 Å². The molecule has 6 rings (SSSR count). The Morgan fingerprint density at radius 1 is 0.825 bits per heavy atom. The summed E-state index contributed by atoms with van der Waals surface area (Å²) in [4.78, 5) is 43.2. The number of benzene rings is 4. The van der Waals surface area contributed by atoms with Gasteiger partial charge in [-0.25, -0.2) is 8.42 Å². The summed E-state index contributed by atoms with van der Waals surface area (Å²) >= 11 is 0. The lowest BCUT2D eigenvalue weighted by Gasteiger charge is -2.43. The van der Waals surface area contributed by atoms with Crippen LogP contribution in [0.25, 0.3) is 0 Å². The molecule has 7 nitrogen and oxygen atoms in total. The fourth-order valence-electron chi connectivity index (χ4n) is 5.89. The third-order valence-corrected chi connectivity index (χ3v) is 9.50. The molecular weight excluding hydrogens is 524 g/mol. The fourth-order valence-corrected chi connectivity index (χ4v) is 7.57. The summed E-state index contributed by atoms with van der Waals surface area (Å²) < 4.78 is 27.1. The van der Waals surface area contributed by atoms with Gasteiger partial charge in [0.05, 0.1) is 15.8 Å². The van der Waals surface area contributed by atoms with Crippen LogP contribution in [0, 0.1) is 0 Å². The van der Waals surface area contributed by atoms with E-state index in [1.807, 2.05) is 61.5 Å². The summed E-state index contributed by atoms with van der Waals surface area (Å²) in [5.74, 6) is -0.877. The SMILES string of the molecule is CC(=O)N1c2ccccc2[C@@H](N(C(=O)c2ccc3c(c2)S(=O)(=O)c2ccccc2C3=O)c2ccccc2)C[C@@H]1C. The van der Waals surface area contributed by atoms with E-state index in [0.717, 1.165) is 11.3 Å². The largest absolute Gasteiger partial charge is 0.309 e. The van der Waals surface area contributed by atoms with Gasteiger partial charge in [-0.3, -0.25) is 14.4 Å². The van der Waals surface area contributed by atoms with Crippen molar-refractivity contribution in [1.29, 1.82) is 0 Å². The fraction of sp³-hybridized carbons (Fsp3) is 0.156. The molecule has 0 bridgehead atoms. The first-order valence-corrected chi connectivity index (χ1v) is 14.5. The van der Waals surface area contributed by atoms with Crippen LogP contribution in [0.15, 0.2) is 107 Å². The molecule has 0 radical (unpaired) electrons. The van der Waals surface area contributed by atoms with Crippen LogP contribution in [0.3, 0.4) is 0 Å². The first-order chi connectivity index (χ1) is 19.2. The first kappa shape index (κ1) is 25.7. The van der Waals surface area contributed by atoms with Crippen molar-refractivity contribution in [2.75, 3.05) is 9.80 Å². The molecule has 0 aliphatic carbocycles. The number of carbonyl (C=O) groups excluding carboxylic acids is 3. The van der Waals surface area contributed by atoms with Crippen molar-refractivity contribution in [3.05, 3.63) is 119 Å². The number of rotatable bonds is 3. The molecule has 0 unspecified atom stereocenters. The van der Waals surface area contributed by atoms with Crippen LogP contribution in [-0.2, 0) is 14.6 Å². The van der Waals surface area contributed by atoms with Gasteiger partial charge in [-0.1, -0.05) is 48.5 Å². The van der Waals surface area contributed by atoms with E-state index in [1.165, 1.54) is 37.3 Å². The molecule has 4 aromatic carbocycles. The minimum atomic E-state index is -4.02. The second kappa shape index (κ2) is 9.57. The van der Waals surface area contributed by atoms with Crippen LogP contribution in [0.5, 0.6) is 0 Å². The van der Waals surface area contributed by atoms with Crippen molar-refractivity contribution in [3.8, 4) is 0 Å². The van der Waals surface area contributed by atoms with Crippen molar-refractivity contribution < 1.29 is 22.8 Å². The third-order valence-electron chi connectivity index (χ3n) is 7.65.